The minimum atomic E-state index is -1.18. The van der Waals surface area contributed by atoms with E-state index < -0.39 is 29.0 Å². The van der Waals surface area contributed by atoms with Crippen molar-refractivity contribution in [1.82, 2.24) is 10.9 Å². The number of hydrazine groups is 1. The van der Waals surface area contributed by atoms with Crippen molar-refractivity contribution in [2.45, 2.75) is 52.6 Å². The van der Waals surface area contributed by atoms with Crippen LogP contribution < -0.4 is 10.9 Å². The van der Waals surface area contributed by atoms with Crippen LogP contribution in [0, 0.1) is 5.41 Å². The fourth-order valence-electron chi connectivity index (χ4n) is 1.85. The van der Waals surface area contributed by atoms with Crippen LogP contribution in [-0.4, -0.2) is 30.2 Å². The first-order valence-electron chi connectivity index (χ1n) is 6.68. The van der Waals surface area contributed by atoms with Crippen LogP contribution in [0.5, 0.6) is 0 Å². The Balaban J connectivity index is 2.53. The second kappa shape index (κ2) is 6.11. The number of nitrogens with one attached hydrogen (secondary N) is 2. The van der Waals surface area contributed by atoms with Crippen LogP contribution >= 0.6 is 0 Å². The van der Waals surface area contributed by atoms with Crippen molar-refractivity contribution in [2.75, 3.05) is 6.61 Å². The maximum atomic E-state index is 12.1. The van der Waals surface area contributed by atoms with E-state index in [1.807, 2.05) is 0 Å². The van der Waals surface area contributed by atoms with Gasteiger partial charge in [0.15, 0.2) is 0 Å². The van der Waals surface area contributed by atoms with Gasteiger partial charge in [-0.2, -0.15) is 0 Å². The third kappa shape index (κ3) is 3.85. The largest absolute Gasteiger partial charge is 0.465 e. The molecule has 0 aliphatic heterocycles. The maximum absolute atomic E-state index is 12.1. The van der Waals surface area contributed by atoms with Crippen LogP contribution in [-0.2, 0) is 19.1 Å². The quantitative estimate of drug-likeness (QED) is 0.463. The summed E-state index contributed by atoms with van der Waals surface area (Å²) in [5.41, 5.74) is 2.53. The van der Waals surface area contributed by atoms with Gasteiger partial charge in [-0.1, -0.05) is 6.42 Å². The molecule has 20 heavy (non-hydrogen) atoms. The Labute approximate surface area is 118 Å². The minimum Gasteiger partial charge on any atom is -0.465 e. The highest BCUT2D eigenvalue weighted by Crippen LogP contribution is 2.42. The molecule has 0 unspecified atom stereocenters. The Morgan fingerprint density at radius 2 is 1.75 bits per heavy atom. The van der Waals surface area contributed by atoms with E-state index in [0.29, 0.717) is 12.8 Å². The molecule has 2 N–H and O–H groups in total. The molecule has 7 heteroatoms. The second-order valence-corrected chi connectivity index (χ2v) is 5.74. The summed E-state index contributed by atoms with van der Waals surface area (Å²) in [6.45, 7) is 7.02. The van der Waals surface area contributed by atoms with Gasteiger partial charge in [0.05, 0.1) is 6.61 Å². The third-order valence-electron chi connectivity index (χ3n) is 2.98. The van der Waals surface area contributed by atoms with E-state index in [1.165, 1.54) is 0 Å². The van der Waals surface area contributed by atoms with Crippen molar-refractivity contribution in [3.05, 3.63) is 0 Å². The van der Waals surface area contributed by atoms with Crippen LogP contribution in [0.3, 0.4) is 0 Å². The van der Waals surface area contributed by atoms with E-state index in [2.05, 4.69) is 10.9 Å². The smallest absolute Gasteiger partial charge is 0.426 e. The minimum absolute atomic E-state index is 0.216. The molecule has 0 aromatic carbocycles. The second-order valence-electron chi connectivity index (χ2n) is 5.74. The molecule has 1 aliphatic carbocycles. The zero-order valence-corrected chi connectivity index (χ0v) is 12.4. The summed E-state index contributed by atoms with van der Waals surface area (Å²) in [4.78, 5) is 35.3. The number of carbonyl (C=O) groups is 3. The Morgan fingerprint density at radius 1 is 1.15 bits per heavy atom. The molecular formula is C13H22N2O5. The van der Waals surface area contributed by atoms with Gasteiger partial charge in [-0.25, -0.2) is 10.2 Å². The molecule has 2 amide bonds. The molecule has 0 spiro atoms. The van der Waals surface area contributed by atoms with Gasteiger partial charge >= 0.3 is 12.1 Å². The molecule has 1 aliphatic rings. The summed E-state index contributed by atoms with van der Waals surface area (Å²) < 4.78 is 9.89. The Hall–Kier alpha value is -1.79. The van der Waals surface area contributed by atoms with Crippen molar-refractivity contribution in [1.29, 1.82) is 0 Å². The fourth-order valence-corrected chi connectivity index (χ4v) is 1.85. The van der Waals surface area contributed by atoms with Gasteiger partial charge in [0.2, 0.25) is 0 Å². The monoisotopic (exact) mass is 286 g/mol. The molecular weight excluding hydrogens is 264 g/mol. The summed E-state index contributed by atoms with van der Waals surface area (Å²) >= 11 is 0. The summed E-state index contributed by atoms with van der Waals surface area (Å²) in [6.07, 6.45) is 0.851. The van der Waals surface area contributed by atoms with E-state index in [-0.39, 0.29) is 6.61 Å². The number of ether oxygens (including phenoxy) is 2. The number of hydrogen-bond acceptors (Lipinski definition) is 5. The van der Waals surface area contributed by atoms with E-state index in [9.17, 15) is 14.4 Å². The van der Waals surface area contributed by atoms with Crippen LogP contribution in [0.15, 0.2) is 0 Å². The SMILES string of the molecule is CCOC(=O)C1(C(=O)NNC(=O)OC(C)(C)C)CCC1. The number of amides is 2. The van der Waals surface area contributed by atoms with Crippen LogP contribution in [0.1, 0.15) is 47.0 Å². The number of esters is 1. The van der Waals surface area contributed by atoms with Crippen molar-refractivity contribution in [3.8, 4) is 0 Å². The average molecular weight is 286 g/mol. The van der Waals surface area contributed by atoms with Crippen molar-refractivity contribution < 1.29 is 23.9 Å². The lowest BCUT2D eigenvalue weighted by Gasteiger charge is -2.37. The van der Waals surface area contributed by atoms with E-state index >= 15 is 0 Å². The lowest BCUT2D eigenvalue weighted by Crippen LogP contribution is -2.56. The van der Waals surface area contributed by atoms with Gasteiger partial charge in [0, 0.05) is 0 Å². The first-order valence-corrected chi connectivity index (χ1v) is 6.68. The summed E-state index contributed by atoms with van der Waals surface area (Å²) in [6, 6.07) is 0. The summed E-state index contributed by atoms with van der Waals surface area (Å²) in [5, 5.41) is 0. The highest BCUT2D eigenvalue weighted by molar-refractivity contribution is 6.03. The molecule has 0 radical (unpaired) electrons. The number of hydrogen-bond donors (Lipinski definition) is 2. The third-order valence-corrected chi connectivity index (χ3v) is 2.98. The molecule has 0 aromatic heterocycles. The normalized spacial score (nSPS) is 16.6. The predicted octanol–water partition coefficient (Wildman–Crippen LogP) is 1.28. The van der Waals surface area contributed by atoms with Gasteiger partial charge in [-0.05, 0) is 40.5 Å². The van der Waals surface area contributed by atoms with Crippen molar-refractivity contribution >= 4 is 18.0 Å². The standard InChI is InChI=1S/C13H22N2O5/c1-5-19-10(17)13(7-6-8-13)9(16)14-15-11(18)20-12(2,3)4/h5-8H2,1-4H3,(H,14,16)(H,15,18). The van der Waals surface area contributed by atoms with Gasteiger partial charge in [-0.3, -0.25) is 15.0 Å². The highest BCUT2D eigenvalue weighted by Gasteiger charge is 2.52. The zero-order chi connectivity index (χ0) is 15.4. The molecule has 0 bridgehead atoms. The van der Waals surface area contributed by atoms with Crippen LogP contribution in [0.4, 0.5) is 4.79 Å². The van der Waals surface area contributed by atoms with Crippen molar-refractivity contribution in [2.24, 2.45) is 5.41 Å². The zero-order valence-electron chi connectivity index (χ0n) is 12.4. The Bertz CT molecular complexity index is 396. The molecule has 1 saturated carbocycles. The molecule has 0 atom stereocenters. The first-order chi connectivity index (χ1) is 9.21. The molecule has 1 fully saturated rings. The van der Waals surface area contributed by atoms with E-state index in [0.717, 1.165) is 6.42 Å². The molecule has 7 nitrogen and oxygen atoms in total. The number of rotatable bonds is 3. The van der Waals surface area contributed by atoms with Crippen molar-refractivity contribution in [3.63, 3.8) is 0 Å². The molecule has 0 saturated heterocycles. The van der Waals surface area contributed by atoms with E-state index in [1.54, 1.807) is 27.7 Å². The number of carbonyl (C=O) groups excluding carboxylic acids is 3. The Kier molecular flexibility index (Phi) is 4.97. The lowest BCUT2D eigenvalue weighted by molar-refractivity contribution is -0.167. The van der Waals surface area contributed by atoms with Gasteiger partial charge in [0.25, 0.3) is 5.91 Å². The molecule has 114 valence electrons. The summed E-state index contributed by atoms with van der Waals surface area (Å²) in [7, 11) is 0. The fraction of sp³-hybridized carbons (Fsp3) is 0.769. The maximum Gasteiger partial charge on any atom is 0.426 e. The Morgan fingerprint density at radius 3 is 2.15 bits per heavy atom. The average Bonchev–Trinajstić information content (AvgIpc) is 2.22. The topological polar surface area (TPSA) is 93.7 Å². The highest BCUT2D eigenvalue weighted by atomic mass is 16.6. The van der Waals surface area contributed by atoms with Gasteiger partial charge in [0.1, 0.15) is 11.0 Å². The molecule has 1 rings (SSSR count). The predicted molar refractivity (Wildman–Crippen MR) is 70.4 cm³/mol. The first kappa shape index (κ1) is 16.3. The lowest BCUT2D eigenvalue weighted by atomic mass is 9.68. The molecule has 0 aromatic rings. The molecule has 0 heterocycles. The van der Waals surface area contributed by atoms with Crippen LogP contribution in [0.2, 0.25) is 0 Å². The van der Waals surface area contributed by atoms with Gasteiger partial charge in [-0.15, -0.1) is 0 Å². The summed E-state index contributed by atoms with van der Waals surface area (Å²) in [5.74, 6) is -1.11. The van der Waals surface area contributed by atoms with Crippen LogP contribution in [0.25, 0.3) is 0 Å². The van der Waals surface area contributed by atoms with E-state index in [4.69, 9.17) is 9.47 Å². The van der Waals surface area contributed by atoms with Gasteiger partial charge < -0.3 is 9.47 Å².